The predicted molar refractivity (Wildman–Crippen MR) is 58.2 cm³/mol. The number of hydrogen-bond donors (Lipinski definition) is 1. The molecule has 84 valence electrons. The molecular weight excluding hydrogens is 192 g/mol. The molecule has 2 rings (SSSR count). The van der Waals surface area contributed by atoms with Crippen molar-refractivity contribution in [3.63, 3.8) is 0 Å². The molecule has 0 unspecified atom stereocenters. The van der Waals surface area contributed by atoms with Gasteiger partial charge in [-0.1, -0.05) is 13.8 Å². The van der Waals surface area contributed by atoms with Gasteiger partial charge >= 0.3 is 5.69 Å². The first-order valence-corrected chi connectivity index (χ1v) is 5.55. The van der Waals surface area contributed by atoms with E-state index < -0.39 is 0 Å². The fourth-order valence-corrected chi connectivity index (χ4v) is 1.84. The largest absolute Gasteiger partial charge is 0.346 e. The van der Waals surface area contributed by atoms with Crippen molar-refractivity contribution in [2.45, 2.75) is 39.3 Å². The smallest absolute Gasteiger partial charge is 0.313 e. The summed E-state index contributed by atoms with van der Waals surface area (Å²) in [5, 5.41) is 7.55. The third-order valence-corrected chi connectivity index (χ3v) is 2.84. The van der Waals surface area contributed by atoms with Gasteiger partial charge in [-0.3, -0.25) is 4.57 Å². The Balaban J connectivity index is 2.47. The highest BCUT2D eigenvalue weighted by molar-refractivity contribution is 4.99. The van der Waals surface area contributed by atoms with E-state index in [9.17, 15) is 4.79 Å². The highest BCUT2D eigenvalue weighted by Crippen LogP contribution is 2.17. The van der Waals surface area contributed by atoms with E-state index >= 15 is 0 Å². The molecule has 0 spiro atoms. The Morgan fingerprint density at radius 1 is 1.53 bits per heavy atom. The van der Waals surface area contributed by atoms with Crippen LogP contribution < -0.4 is 11.0 Å². The average Bonchev–Trinajstić information content (AvgIpc) is 2.42. The Morgan fingerprint density at radius 2 is 2.20 bits per heavy atom. The fourth-order valence-electron chi connectivity index (χ4n) is 1.84. The summed E-state index contributed by atoms with van der Waals surface area (Å²) in [6, 6.07) is 0.301. The minimum atomic E-state index is 0.0349. The van der Waals surface area contributed by atoms with E-state index in [0.29, 0.717) is 18.5 Å². The molecule has 1 aliphatic rings. The Bertz CT molecular complexity index is 400. The second-order valence-electron chi connectivity index (χ2n) is 4.29. The summed E-state index contributed by atoms with van der Waals surface area (Å²) in [4.78, 5) is 12.0. The number of rotatable bonds is 3. The number of aromatic nitrogens is 3. The van der Waals surface area contributed by atoms with Crippen LogP contribution in [0.2, 0.25) is 0 Å². The van der Waals surface area contributed by atoms with Gasteiger partial charge in [0.25, 0.3) is 0 Å². The van der Waals surface area contributed by atoms with Gasteiger partial charge in [-0.25, -0.2) is 9.48 Å². The molecule has 1 saturated heterocycles. The molecule has 0 saturated carbocycles. The second-order valence-corrected chi connectivity index (χ2v) is 4.29. The Labute approximate surface area is 89.1 Å². The SMILES string of the molecule is CCn1nc(C(C)C)n(C2CNC2)c1=O. The van der Waals surface area contributed by atoms with Crippen LogP contribution in [0.1, 0.15) is 38.6 Å². The number of nitrogens with one attached hydrogen (secondary N) is 1. The normalized spacial score (nSPS) is 17.1. The Morgan fingerprint density at radius 3 is 2.60 bits per heavy atom. The standard InChI is InChI=1S/C10H18N4O/c1-4-13-10(15)14(8-5-11-6-8)9(12-13)7(2)3/h7-8,11H,4-6H2,1-3H3. The summed E-state index contributed by atoms with van der Waals surface area (Å²) in [7, 11) is 0. The van der Waals surface area contributed by atoms with Crippen LogP contribution in [0, 0.1) is 0 Å². The van der Waals surface area contributed by atoms with Gasteiger partial charge in [-0.15, -0.1) is 0 Å². The van der Waals surface area contributed by atoms with Gasteiger partial charge in [0.15, 0.2) is 0 Å². The molecule has 1 aromatic rings. The van der Waals surface area contributed by atoms with Crippen molar-refractivity contribution in [1.82, 2.24) is 19.7 Å². The molecule has 1 fully saturated rings. The van der Waals surface area contributed by atoms with Crippen LogP contribution in [0.5, 0.6) is 0 Å². The van der Waals surface area contributed by atoms with E-state index in [1.54, 1.807) is 4.68 Å². The van der Waals surface area contributed by atoms with Gasteiger partial charge in [0.1, 0.15) is 5.82 Å². The fraction of sp³-hybridized carbons (Fsp3) is 0.800. The lowest BCUT2D eigenvalue weighted by atomic mass is 10.1. The molecule has 1 aliphatic heterocycles. The zero-order valence-electron chi connectivity index (χ0n) is 9.53. The van der Waals surface area contributed by atoms with Gasteiger partial charge < -0.3 is 5.32 Å². The highest BCUT2D eigenvalue weighted by atomic mass is 16.2. The molecule has 5 nitrogen and oxygen atoms in total. The van der Waals surface area contributed by atoms with E-state index in [2.05, 4.69) is 24.3 Å². The number of nitrogens with zero attached hydrogens (tertiary/aromatic N) is 3. The minimum absolute atomic E-state index is 0.0349. The first-order chi connectivity index (χ1) is 7.15. The molecule has 0 radical (unpaired) electrons. The highest BCUT2D eigenvalue weighted by Gasteiger charge is 2.26. The first-order valence-electron chi connectivity index (χ1n) is 5.55. The number of aryl methyl sites for hydroxylation is 1. The van der Waals surface area contributed by atoms with Crippen LogP contribution in [-0.4, -0.2) is 27.4 Å². The molecular formula is C10H18N4O. The van der Waals surface area contributed by atoms with Crippen molar-refractivity contribution in [1.29, 1.82) is 0 Å². The predicted octanol–water partition coefficient (Wildman–Crippen LogP) is 0.332. The molecule has 1 N–H and O–H groups in total. The van der Waals surface area contributed by atoms with Gasteiger partial charge in [0, 0.05) is 25.6 Å². The topological polar surface area (TPSA) is 51.9 Å². The van der Waals surface area contributed by atoms with Gasteiger partial charge in [0.05, 0.1) is 6.04 Å². The molecule has 0 atom stereocenters. The van der Waals surface area contributed by atoms with Gasteiger partial charge in [-0.2, -0.15) is 5.10 Å². The third kappa shape index (κ3) is 1.61. The van der Waals surface area contributed by atoms with E-state index in [-0.39, 0.29) is 5.69 Å². The first kappa shape index (κ1) is 10.4. The lowest BCUT2D eigenvalue weighted by Gasteiger charge is -2.29. The zero-order valence-corrected chi connectivity index (χ0v) is 9.53. The summed E-state index contributed by atoms with van der Waals surface area (Å²) in [6.07, 6.45) is 0. The van der Waals surface area contributed by atoms with Crippen molar-refractivity contribution in [2.24, 2.45) is 0 Å². The molecule has 0 amide bonds. The number of hydrogen-bond acceptors (Lipinski definition) is 3. The maximum absolute atomic E-state index is 12.0. The minimum Gasteiger partial charge on any atom is -0.313 e. The van der Waals surface area contributed by atoms with Crippen LogP contribution in [0.4, 0.5) is 0 Å². The van der Waals surface area contributed by atoms with Crippen molar-refractivity contribution < 1.29 is 0 Å². The van der Waals surface area contributed by atoms with Crippen molar-refractivity contribution in [3.05, 3.63) is 16.3 Å². The summed E-state index contributed by atoms with van der Waals surface area (Å²) in [6.45, 7) is 8.51. The molecule has 15 heavy (non-hydrogen) atoms. The zero-order chi connectivity index (χ0) is 11.0. The maximum Gasteiger partial charge on any atom is 0.346 e. The second kappa shape index (κ2) is 3.81. The lowest BCUT2D eigenvalue weighted by Crippen LogP contribution is -2.47. The van der Waals surface area contributed by atoms with Crippen molar-refractivity contribution in [2.75, 3.05) is 13.1 Å². The molecule has 0 aliphatic carbocycles. The van der Waals surface area contributed by atoms with Crippen molar-refractivity contribution in [3.8, 4) is 0 Å². The summed E-state index contributed by atoms with van der Waals surface area (Å²) in [5.41, 5.74) is 0.0349. The van der Waals surface area contributed by atoms with Crippen LogP contribution >= 0.6 is 0 Å². The Kier molecular flexibility index (Phi) is 2.65. The Hall–Kier alpha value is -1.10. The molecule has 0 bridgehead atoms. The van der Waals surface area contributed by atoms with E-state index in [1.165, 1.54) is 0 Å². The summed E-state index contributed by atoms with van der Waals surface area (Å²) < 4.78 is 3.40. The van der Waals surface area contributed by atoms with Gasteiger partial charge in [-0.05, 0) is 6.92 Å². The third-order valence-electron chi connectivity index (χ3n) is 2.84. The van der Waals surface area contributed by atoms with E-state index in [1.807, 2.05) is 11.5 Å². The van der Waals surface area contributed by atoms with Crippen LogP contribution in [0.15, 0.2) is 4.79 Å². The molecule has 5 heteroatoms. The monoisotopic (exact) mass is 210 g/mol. The van der Waals surface area contributed by atoms with Crippen LogP contribution in [0.25, 0.3) is 0 Å². The van der Waals surface area contributed by atoms with E-state index in [0.717, 1.165) is 18.9 Å². The maximum atomic E-state index is 12.0. The lowest BCUT2D eigenvalue weighted by molar-refractivity contribution is 0.324. The molecule has 1 aromatic heterocycles. The van der Waals surface area contributed by atoms with Crippen molar-refractivity contribution >= 4 is 0 Å². The van der Waals surface area contributed by atoms with Gasteiger partial charge in [0.2, 0.25) is 0 Å². The molecule has 0 aromatic carbocycles. The average molecular weight is 210 g/mol. The summed E-state index contributed by atoms with van der Waals surface area (Å²) in [5.74, 6) is 1.21. The van der Waals surface area contributed by atoms with Crippen LogP contribution in [-0.2, 0) is 6.54 Å². The van der Waals surface area contributed by atoms with E-state index in [4.69, 9.17) is 0 Å². The molecule has 2 heterocycles. The quantitative estimate of drug-likeness (QED) is 0.782. The summed E-state index contributed by atoms with van der Waals surface area (Å²) >= 11 is 0. The van der Waals surface area contributed by atoms with Crippen LogP contribution in [0.3, 0.4) is 0 Å².